The number of aliphatic hydroxyl groups is 2. The lowest BCUT2D eigenvalue weighted by Gasteiger charge is -2.45. The van der Waals surface area contributed by atoms with Crippen LogP contribution in [0.1, 0.15) is 55.4 Å². The molecule has 0 aliphatic heterocycles. The van der Waals surface area contributed by atoms with Crippen molar-refractivity contribution in [3.8, 4) is 0 Å². The lowest BCUT2D eigenvalue weighted by atomic mass is 9.84. The molecule has 192 valence electrons. The van der Waals surface area contributed by atoms with E-state index >= 15 is 0 Å². The molecule has 9 nitrogen and oxygen atoms in total. The van der Waals surface area contributed by atoms with Crippen LogP contribution in [0.5, 0.6) is 0 Å². The molecule has 1 fully saturated rings. The molecule has 0 saturated heterocycles. The molecule has 1 saturated carbocycles. The fourth-order valence-corrected chi connectivity index (χ4v) is 3.06. The Balaban J connectivity index is 3.47. The summed E-state index contributed by atoms with van der Waals surface area (Å²) in [7, 11) is 0. The van der Waals surface area contributed by atoms with Crippen LogP contribution in [0.3, 0.4) is 0 Å². The molecular formula is C25H38O9. The Kier molecular flexibility index (Phi) is 11.7. The fraction of sp³-hybridized carbons (Fsp3) is 0.640. The molecule has 0 heterocycles. The molecule has 0 aromatic carbocycles. The monoisotopic (exact) mass is 482 g/mol. The highest BCUT2D eigenvalue weighted by Crippen LogP contribution is 2.32. The summed E-state index contributed by atoms with van der Waals surface area (Å²) in [5.74, 6) is -2.21. The summed E-state index contributed by atoms with van der Waals surface area (Å²) in [4.78, 5) is 37.5. The van der Waals surface area contributed by atoms with Crippen LogP contribution in [-0.2, 0) is 33.3 Å². The van der Waals surface area contributed by atoms with Gasteiger partial charge in [-0.3, -0.25) is 0 Å². The second-order valence-electron chi connectivity index (χ2n) is 8.70. The van der Waals surface area contributed by atoms with Crippen molar-refractivity contribution in [2.24, 2.45) is 5.92 Å². The van der Waals surface area contributed by atoms with E-state index in [4.69, 9.17) is 18.9 Å². The number of hydrogen-bond donors (Lipinski definition) is 2. The predicted octanol–water partition coefficient (Wildman–Crippen LogP) is 2.40. The summed E-state index contributed by atoms with van der Waals surface area (Å²) >= 11 is 0. The summed E-state index contributed by atoms with van der Waals surface area (Å²) in [5, 5.41) is 22.4. The van der Waals surface area contributed by atoms with Gasteiger partial charge in [0.1, 0.15) is 18.3 Å². The zero-order valence-electron chi connectivity index (χ0n) is 21.2. The number of aliphatic hydroxyl groups excluding tert-OH is 2. The largest absolute Gasteiger partial charge is 0.453 e. The van der Waals surface area contributed by atoms with Crippen LogP contribution in [-0.4, -0.2) is 71.4 Å². The number of carbonyl (C=O) groups is 3. The van der Waals surface area contributed by atoms with Crippen molar-refractivity contribution in [2.75, 3.05) is 6.61 Å². The predicted molar refractivity (Wildman–Crippen MR) is 125 cm³/mol. The van der Waals surface area contributed by atoms with Gasteiger partial charge < -0.3 is 29.2 Å². The van der Waals surface area contributed by atoms with Crippen molar-refractivity contribution in [3.05, 3.63) is 34.9 Å². The van der Waals surface area contributed by atoms with Gasteiger partial charge in [-0.25, -0.2) is 14.4 Å². The Labute approximate surface area is 201 Å². The summed E-state index contributed by atoms with van der Waals surface area (Å²) in [6, 6.07) is 0. The van der Waals surface area contributed by atoms with Gasteiger partial charge in [-0.15, -0.1) is 0 Å². The minimum absolute atomic E-state index is 0.0529. The summed E-state index contributed by atoms with van der Waals surface area (Å²) in [6.07, 6.45) is -4.26. The first-order valence-corrected chi connectivity index (χ1v) is 11.4. The van der Waals surface area contributed by atoms with Crippen molar-refractivity contribution < 1.29 is 43.5 Å². The van der Waals surface area contributed by atoms with E-state index in [2.05, 4.69) is 0 Å². The molecule has 1 rings (SSSR count). The maximum Gasteiger partial charge on any atom is 0.333 e. The molecule has 1 aliphatic carbocycles. The van der Waals surface area contributed by atoms with Crippen LogP contribution in [0, 0.1) is 5.92 Å². The average molecular weight is 483 g/mol. The molecule has 0 bridgehead atoms. The van der Waals surface area contributed by atoms with E-state index in [9.17, 15) is 24.6 Å². The smallest absolute Gasteiger partial charge is 0.333 e. The van der Waals surface area contributed by atoms with E-state index in [-0.39, 0.29) is 29.2 Å². The molecule has 0 radical (unpaired) electrons. The first-order valence-electron chi connectivity index (χ1n) is 11.4. The molecule has 6 atom stereocenters. The highest BCUT2D eigenvalue weighted by atomic mass is 16.6. The van der Waals surface area contributed by atoms with Gasteiger partial charge in [-0.1, -0.05) is 32.1 Å². The van der Waals surface area contributed by atoms with Crippen LogP contribution >= 0.6 is 0 Å². The zero-order valence-corrected chi connectivity index (χ0v) is 21.2. The van der Waals surface area contributed by atoms with Crippen molar-refractivity contribution in [1.82, 2.24) is 0 Å². The highest BCUT2D eigenvalue weighted by Gasteiger charge is 2.56. The van der Waals surface area contributed by atoms with E-state index in [1.807, 2.05) is 13.8 Å². The first-order chi connectivity index (χ1) is 15.9. The molecule has 6 unspecified atom stereocenters. The zero-order chi connectivity index (χ0) is 26.2. The maximum atomic E-state index is 12.5. The molecule has 0 aromatic rings. The van der Waals surface area contributed by atoms with Crippen molar-refractivity contribution >= 4 is 17.9 Å². The van der Waals surface area contributed by atoms with Gasteiger partial charge in [-0.2, -0.15) is 0 Å². The number of carbonyl (C=O) groups excluding carboxylic acids is 3. The van der Waals surface area contributed by atoms with E-state index in [1.165, 1.54) is 39.0 Å². The van der Waals surface area contributed by atoms with E-state index in [0.717, 1.165) is 0 Å². The molecule has 1 aliphatic rings. The van der Waals surface area contributed by atoms with Gasteiger partial charge in [0.25, 0.3) is 0 Å². The molecular weight excluding hydrogens is 444 g/mol. The Bertz CT molecular complexity index is 824. The molecule has 0 spiro atoms. The van der Waals surface area contributed by atoms with Crippen LogP contribution in [0.2, 0.25) is 0 Å². The highest BCUT2D eigenvalue weighted by molar-refractivity contribution is 5.89. The van der Waals surface area contributed by atoms with Gasteiger partial charge >= 0.3 is 17.9 Å². The van der Waals surface area contributed by atoms with Crippen molar-refractivity contribution in [3.63, 3.8) is 0 Å². The Morgan fingerprint density at radius 1 is 0.676 bits per heavy atom. The second-order valence-corrected chi connectivity index (χ2v) is 8.70. The lowest BCUT2D eigenvalue weighted by Crippen LogP contribution is -2.67. The third-order valence-corrected chi connectivity index (χ3v) is 5.61. The quantitative estimate of drug-likeness (QED) is 0.289. The SMILES string of the molecule is CC=C(C)C(=O)OC1C(O)C(OC(=O)C(C)=CC)C(OC(=O)C(C)=CC)C(O)C1OCC(C)C. The Hall–Kier alpha value is -2.49. The number of rotatable bonds is 9. The van der Waals surface area contributed by atoms with Crippen LogP contribution < -0.4 is 0 Å². The Morgan fingerprint density at radius 3 is 1.26 bits per heavy atom. The van der Waals surface area contributed by atoms with Gasteiger partial charge in [-0.05, 0) is 47.5 Å². The third-order valence-electron chi connectivity index (χ3n) is 5.61. The van der Waals surface area contributed by atoms with Crippen LogP contribution in [0.4, 0.5) is 0 Å². The molecule has 34 heavy (non-hydrogen) atoms. The standard InChI is InChI=1S/C25H38O9/c1-9-14(6)23(28)32-20-18(27)22(34-25(30)16(8)11-3)21(33-24(29)15(7)10-2)17(26)19(20)31-12-13(4)5/h9-11,13,17-22,26-27H,12H2,1-8H3. The normalized spacial score (nSPS) is 28.5. The summed E-state index contributed by atoms with van der Waals surface area (Å²) < 4.78 is 22.2. The fourth-order valence-electron chi connectivity index (χ4n) is 3.06. The van der Waals surface area contributed by atoms with Gasteiger partial charge in [0.2, 0.25) is 0 Å². The number of allylic oxidation sites excluding steroid dienone is 3. The van der Waals surface area contributed by atoms with Crippen LogP contribution in [0.25, 0.3) is 0 Å². The number of hydrogen-bond acceptors (Lipinski definition) is 9. The number of esters is 3. The van der Waals surface area contributed by atoms with Crippen LogP contribution in [0.15, 0.2) is 34.9 Å². The molecule has 2 N–H and O–H groups in total. The summed E-state index contributed by atoms with van der Waals surface area (Å²) in [6.45, 7) is 13.4. The minimum Gasteiger partial charge on any atom is -0.453 e. The van der Waals surface area contributed by atoms with Crippen molar-refractivity contribution in [1.29, 1.82) is 0 Å². The summed E-state index contributed by atoms with van der Waals surface area (Å²) in [5.41, 5.74) is 0.779. The first kappa shape index (κ1) is 29.5. The van der Waals surface area contributed by atoms with Crippen molar-refractivity contribution in [2.45, 2.75) is 92.0 Å². The van der Waals surface area contributed by atoms with Gasteiger partial charge in [0.05, 0.1) is 0 Å². The van der Waals surface area contributed by atoms with E-state index in [1.54, 1.807) is 20.8 Å². The van der Waals surface area contributed by atoms with E-state index < -0.39 is 54.5 Å². The number of ether oxygens (including phenoxy) is 4. The minimum atomic E-state index is -1.65. The molecule has 0 aromatic heterocycles. The second kappa shape index (κ2) is 13.4. The average Bonchev–Trinajstić information content (AvgIpc) is 2.81. The Morgan fingerprint density at radius 2 is 0.971 bits per heavy atom. The molecule has 0 amide bonds. The van der Waals surface area contributed by atoms with Gasteiger partial charge in [0, 0.05) is 23.3 Å². The van der Waals surface area contributed by atoms with E-state index in [0.29, 0.717) is 0 Å². The van der Waals surface area contributed by atoms with Gasteiger partial charge in [0.15, 0.2) is 18.3 Å². The maximum absolute atomic E-state index is 12.5. The topological polar surface area (TPSA) is 129 Å². The molecule has 9 heteroatoms. The third kappa shape index (κ3) is 7.51. The lowest BCUT2D eigenvalue weighted by molar-refractivity contribution is -0.253.